The van der Waals surface area contributed by atoms with Crippen LogP contribution >= 0.6 is 0 Å². The van der Waals surface area contributed by atoms with Crippen LogP contribution in [0.5, 0.6) is 0 Å². The molecular formula is C26H50O. The van der Waals surface area contributed by atoms with Gasteiger partial charge < -0.3 is 4.74 Å². The van der Waals surface area contributed by atoms with E-state index in [-0.39, 0.29) is 0 Å². The molecule has 2 aliphatic rings. The summed E-state index contributed by atoms with van der Waals surface area (Å²) in [7, 11) is 3.25. The van der Waals surface area contributed by atoms with Gasteiger partial charge in [-0.25, -0.2) is 0 Å². The highest BCUT2D eigenvalue weighted by Crippen LogP contribution is 1.95. The molecule has 0 saturated heterocycles. The van der Waals surface area contributed by atoms with E-state index in [0.29, 0.717) is 0 Å². The van der Waals surface area contributed by atoms with E-state index in [9.17, 15) is 0 Å². The van der Waals surface area contributed by atoms with Crippen molar-refractivity contribution in [3.05, 3.63) is 72.9 Å². The lowest BCUT2D eigenvalue weighted by atomic mass is 10.2. The minimum Gasteiger partial charge on any atom is -0.388 e. The predicted octanol–water partition coefficient (Wildman–Crippen LogP) is 9.27. The van der Waals surface area contributed by atoms with Crippen LogP contribution in [0.25, 0.3) is 0 Å². The summed E-state index contributed by atoms with van der Waals surface area (Å²) in [6, 6.07) is 0. The maximum Gasteiger partial charge on any atom is 0.0351 e. The third-order valence-electron chi connectivity index (χ3n) is 2.19. The van der Waals surface area contributed by atoms with Gasteiger partial charge in [0.2, 0.25) is 0 Å². The Balaban J connectivity index is -0.0000000796. The highest BCUT2D eigenvalue weighted by molar-refractivity contribution is 5.10. The Hall–Kier alpha value is -1.60. The van der Waals surface area contributed by atoms with Crippen molar-refractivity contribution < 1.29 is 4.74 Å². The largest absolute Gasteiger partial charge is 0.388 e. The molecular weight excluding hydrogens is 328 g/mol. The molecule has 0 aromatic carbocycles. The first kappa shape index (κ1) is 36.3. The van der Waals surface area contributed by atoms with Gasteiger partial charge in [-0.2, -0.15) is 0 Å². The zero-order valence-electron chi connectivity index (χ0n) is 20.2. The molecule has 0 aromatic rings. The fraction of sp³-hybridized carbons (Fsp3) is 0.538. The van der Waals surface area contributed by atoms with Crippen molar-refractivity contribution in [1.82, 2.24) is 0 Å². The molecule has 1 nitrogen and oxygen atoms in total. The van der Waals surface area contributed by atoms with Crippen molar-refractivity contribution in [2.24, 2.45) is 0 Å². The molecule has 0 radical (unpaired) electrons. The lowest BCUT2D eigenvalue weighted by Crippen LogP contribution is -1.64. The molecule has 2 aliphatic carbocycles. The maximum absolute atomic E-state index is 4.25. The highest BCUT2D eigenvalue weighted by atomic mass is 16.4. The first-order chi connectivity index (χ1) is 13.4. The predicted molar refractivity (Wildman–Crippen MR) is 132 cm³/mol. The zero-order valence-corrected chi connectivity index (χ0v) is 20.2. The van der Waals surface area contributed by atoms with Crippen LogP contribution in [0.2, 0.25) is 0 Å². The molecule has 160 valence electrons. The second kappa shape index (κ2) is 56.3. The monoisotopic (exact) mass is 378 g/mol. The van der Waals surface area contributed by atoms with Crippen molar-refractivity contribution >= 4 is 0 Å². The number of ether oxygens (including phenoxy) is 1. The fourth-order valence-corrected chi connectivity index (χ4v) is 1.33. The SMILES string of the molecule is C1=CC/C=C\CC=C1.C1=CC/C=C\CC=C1.CC.CC.CC.CC.COC. The molecule has 1 heteroatoms. The molecule has 0 heterocycles. The van der Waals surface area contributed by atoms with E-state index in [1.54, 1.807) is 14.2 Å². The van der Waals surface area contributed by atoms with Crippen LogP contribution in [0.4, 0.5) is 0 Å². The van der Waals surface area contributed by atoms with E-state index >= 15 is 0 Å². The quantitative estimate of drug-likeness (QED) is 0.381. The lowest BCUT2D eigenvalue weighted by Gasteiger charge is -1.85. The van der Waals surface area contributed by atoms with Crippen LogP contribution in [-0.2, 0) is 4.74 Å². The van der Waals surface area contributed by atoms with Crippen molar-refractivity contribution in [1.29, 1.82) is 0 Å². The number of hydrogen-bond donors (Lipinski definition) is 0. The summed E-state index contributed by atoms with van der Waals surface area (Å²) in [5.41, 5.74) is 0. The Labute approximate surface area is 173 Å². The van der Waals surface area contributed by atoms with Crippen molar-refractivity contribution in [3.63, 3.8) is 0 Å². The van der Waals surface area contributed by atoms with Crippen LogP contribution in [-0.4, -0.2) is 14.2 Å². The second-order valence-corrected chi connectivity index (χ2v) is 4.01. The molecule has 0 N–H and O–H groups in total. The summed E-state index contributed by atoms with van der Waals surface area (Å²) in [6.45, 7) is 16.0. The van der Waals surface area contributed by atoms with Gasteiger partial charge in [-0.15, -0.1) is 0 Å². The minimum atomic E-state index is 1.09. The second-order valence-electron chi connectivity index (χ2n) is 4.01. The molecule has 0 unspecified atom stereocenters. The normalized spacial score (nSPS) is 14.6. The summed E-state index contributed by atoms with van der Waals surface area (Å²) in [6.07, 6.45) is 30.0. The number of hydrogen-bond acceptors (Lipinski definition) is 1. The Morgan fingerprint density at radius 3 is 0.667 bits per heavy atom. The van der Waals surface area contributed by atoms with Gasteiger partial charge in [-0.05, 0) is 25.7 Å². The standard InChI is InChI=1S/2C8H10.C2H6O.4C2H6/c2*1-2-4-6-8-7-5-3-1;1-3-2;4*1-2/h2*1-4,7-8H,5-6H2;1-2H3;4*1-2H3/b2*3-1?,4-2?,8-7-;;;;;. The van der Waals surface area contributed by atoms with Gasteiger partial charge in [0.1, 0.15) is 0 Å². The third kappa shape index (κ3) is 59.0. The molecule has 0 bridgehead atoms. The maximum atomic E-state index is 4.25. The number of allylic oxidation sites excluding steroid dienone is 12. The summed E-state index contributed by atoms with van der Waals surface area (Å²) in [4.78, 5) is 0. The minimum absolute atomic E-state index is 1.09. The topological polar surface area (TPSA) is 9.23 Å². The summed E-state index contributed by atoms with van der Waals surface area (Å²) < 4.78 is 4.25. The van der Waals surface area contributed by atoms with E-state index in [1.807, 2.05) is 55.4 Å². The van der Waals surface area contributed by atoms with Gasteiger partial charge in [0, 0.05) is 14.2 Å². The van der Waals surface area contributed by atoms with E-state index < -0.39 is 0 Å². The van der Waals surface area contributed by atoms with Gasteiger partial charge in [0.15, 0.2) is 0 Å². The molecule has 0 amide bonds. The molecule has 0 spiro atoms. The Morgan fingerprint density at radius 2 is 0.519 bits per heavy atom. The average Bonchev–Trinajstić information content (AvgIpc) is 2.68. The van der Waals surface area contributed by atoms with Crippen LogP contribution in [0.15, 0.2) is 72.9 Å². The summed E-state index contributed by atoms with van der Waals surface area (Å²) >= 11 is 0. The van der Waals surface area contributed by atoms with Crippen LogP contribution in [0.1, 0.15) is 81.1 Å². The lowest BCUT2D eigenvalue weighted by molar-refractivity contribution is 0.277. The molecule has 0 aliphatic heterocycles. The number of rotatable bonds is 0. The van der Waals surface area contributed by atoms with E-state index in [2.05, 4.69) is 77.6 Å². The molecule has 0 saturated carbocycles. The Bertz CT molecular complexity index is 275. The van der Waals surface area contributed by atoms with Crippen LogP contribution in [0.3, 0.4) is 0 Å². The van der Waals surface area contributed by atoms with E-state index in [1.165, 1.54) is 0 Å². The first-order valence-electron chi connectivity index (χ1n) is 10.7. The van der Waals surface area contributed by atoms with Gasteiger partial charge in [-0.3, -0.25) is 0 Å². The van der Waals surface area contributed by atoms with E-state index in [0.717, 1.165) is 25.7 Å². The van der Waals surface area contributed by atoms with Crippen LogP contribution < -0.4 is 0 Å². The van der Waals surface area contributed by atoms with Crippen molar-refractivity contribution in [2.45, 2.75) is 81.1 Å². The molecule has 0 aromatic heterocycles. The van der Waals surface area contributed by atoms with Crippen molar-refractivity contribution in [2.75, 3.05) is 14.2 Å². The molecule has 0 fully saturated rings. The van der Waals surface area contributed by atoms with Gasteiger partial charge in [0.05, 0.1) is 0 Å². The molecule has 27 heavy (non-hydrogen) atoms. The zero-order chi connectivity index (χ0) is 22.0. The molecule has 0 atom stereocenters. The highest BCUT2D eigenvalue weighted by Gasteiger charge is 1.74. The Kier molecular flexibility index (Phi) is 75.8. The van der Waals surface area contributed by atoms with Gasteiger partial charge >= 0.3 is 0 Å². The average molecular weight is 379 g/mol. The Morgan fingerprint density at radius 1 is 0.370 bits per heavy atom. The first-order valence-corrected chi connectivity index (χ1v) is 10.7. The van der Waals surface area contributed by atoms with Crippen LogP contribution in [0, 0.1) is 0 Å². The van der Waals surface area contributed by atoms with Gasteiger partial charge in [0.25, 0.3) is 0 Å². The summed E-state index contributed by atoms with van der Waals surface area (Å²) in [5, 5.41) is 0. The van der Waals surface area contributed by atoms with E-state index in [4.69, 9.17) is 0 Å². The molecule has 2 rings (SSSR count). The van der Waals surface area contributed by atoms with Gasteiger partial charge in [-0.1, -0.05) is 128 Å². The van der Waals surface area contributed by atoms with Crippen molar-refractivity contribution in [3.8, 4) is 0 Å². The number of methoxy groups -OCH3 is 1. The fourth-order valence-electron chi connectivity index (χ4n) is 1.33. The summed E-state index contributed by atoms with van der Waals surface area (Å²) in [5.74, 6) is 0. The third-order valence-corrected chi connectivity index (χ3v) is 2.19. The smallest absolute Gasteiger partial charge is 0.0351 e.